The van der Waals surface area contributed by atoms with Crippen molar-refractivity contribution < 1.29 is 4.79 Å². The summed E-state index contributed by atoms with van der Waals surface area (Å²) >= 11 is 12.0. The molecule has 116 valence electrons. The number of nitrogens with one attached hydrogen (secondary N) is 2. The summed E-state index contributed by atoms with van der Waals surface area (Å²) in [7, 11) is 0. The lowest BCUT2D eigenvalue weighted by molar-refractivity contribution is 0.0930. The number of benzene rings is 1. The van der Waals surface area contributed by atoms with Gasteiger partial charge in [0.2, 0.25) is 0 Å². The van der Waals surface area contributed by atoms with Crippen LogP contribution in [0.5, 0.6) is 0 Å². The molecule has 2 heterocycles. The first-order valence-electron chi connectivity index (χ1n) is 7.15. The van der Waals surface area contributed by atoms with Gasteiger partial charge in [-0.25, -0.2) is 4.68 Å². The predicted octanol–water partition coefficient (Wildman–Crippen LogP) is 2.66. The molecule has 1 aromatic carbocycles. The van der Waals surface area contributed by atoms with Gasteiger partial charge in [0, 0.05) is 23.8 Å². The average Bonchev–Trinajstić information content (AvgIpc) is 2.98. The minimum atomic E-state index is -0.120. The van der Waals surface area contributed by atoms with Crippen LogP contribution < -0.4 is 10.6 Å². The van der Waals surface area contributed by atoms with E-state index in [1.165, 1.54) is 6.20 Å². The molecule has 2 N–H and O–H groups in total. The molecule has 0 spiro atoms. The number of carbonyl (C=O) groups is 1. The Bertz CT molecular complexity index is 680. The SMILES string of the molecule is O=C(NC1CCCNC1)c1cnn(-c2ccc(Cl)cc2Cl)c1. The molecule has 2 aromatic rings. The second-order valence-corrected chi connectivity index (χ2v) is 6.13. The van der Waals surface area contributed by atoms with Gasteiger partial charge in [-0.15, -0.1) is 0 Å². The summed E-state index contributed by atoms with van der Waals surface area (Å²) in [6.07, 6.45) is 5.28. The largest absolute Gasteiger partial charge is 0.348 e. The fourth-order valence-electron chi connectivity index (χ4n) is 2.48. The third kappa shape index (κ3) is 3.43. The molecule has 1 aromatic heterocycles. The van der Waals surface area contributed by atoms with Gasteiger partial charge in [-0.2, -0.15) is 5.10 Å². The lowest BCUT2D eigenvalue weighted by Crippen LogP contribution is -2.45. The minimum Gasteiger partial charge on any atom is -0.348 e. The maximum Gasteiger partial charge on any atom is 0.254 e. The zero-order chi connectivity index (χ0) is 15.5. The monoisotopic (exact) mass is 338 g/mol. The zero-order valence-electron chi connectivity index (χ0n) is 11.9. The molecule has 1 amide bonds. The van der Waals surface area contributed by atoms with Crippen molar-refractivity contribution in [1.82, 2.24) is 20.4 Å². The van der Waals surface area contributed by atoms with Crippen molar-refractivity contribution >= 4 is 29.1 Å². The third-order valence-electron chi connectivity index (χ3n) is 3.63. The second kappa shape index (κ2) is 6.69. The Morgan fingerprint density at radius 3 is 3.00 bits per heavy atom. The Labute approximate surface area is 138 Å². The van der Waals surface area contributed by atoms with E-state index in [1.54, 1.807) is 29.1 Å². The molecule has 0 saturated carbocycles. The lowest BCUT2D eigenvalue weighted by atomic mass is 10.1. The van der Waals surface area contributed by atoms with E-state index in [0.717, 1.165) is 25.9 Å². The van der Waals surface area contributed by atoms with Gasteiger partial charge >= 0.3 is 0 Å². The summed E-state index contributed by atoms with van der Waals surface area (Å²) in [5.74, 6) is -0.120. The van der Waals surface area contributed by atoms with Gasteiger partial charge in [-0.3, -0.25) is 4.79 Å². The van der Waals surface area contributed by atoms with E-state index in [2.05, 4.69) is 15.7 Å². The molecule has 7 heteroatoms. The van der Waals surface area contributed by atoms with Crippen LogP contribution in [0.4, 0.5) is 0 Å². The molecule has 0 bridgehead atoms. The smallest absolute Gasteiger partial charge is 0.254 e. The van der Waals surface area contributed by atoms with E-state index >= 15 is 0 Å². The highest BCUT2D eigenvalue weighted by Gasteiger charge is 2.17. The fraction of sp³-hybridized carbons (Fsp3) is 0.333. The number of nitrogens with zero attached hydrogens (tertiary/aromatic N) is 2. The molecule has 3 rings (SSSR count). The van der Waals surface area contributed by atoms with Crippen LogP contribution in [0.15, 0.2) is 30.6 Å². The normalized spacial score (nSPS) is 18.2. The van der Waals surface area contributed by atoms with Gasteiger partial charge < -0.3 is 10.6 Å². The Morgan fingerprint density at radius 2 is 2.27 bits per heavy atom. The average molecular weight is 339 g/mol. The Kier molecular flexibility index (Phi) is 4.66. The van der Waals surface area contributed by atoms with Crippen LogP contribution in [0.3, 0.4) is 0 Å². The molecule has 1 fully saturated rings. The zero-order valence-corrected chi connectivity index (χ0v) is 13.4. The number of piperidine rings is 1. The Balaban J connectivity index is 1.73. The summed E-state index contributed by atoms with van der Waals surface area (Å²) < 4.78 is 1.58. The van der Waals surface area contributed by atoms with Crippen LogP contribution in [0.2, 0.25) is 10.0 Å². The highest BCUT2D eigenvalue weighted by atomic mass is 35.5. The number of halogens is 2. The number of aromatic nitrogens is 2. The van der Waals surface area contributed by atoms with Crippen LogP contribution in [0.1, 0.15) is 23.2 Å². The molecular formula is C15H16Cl2N4O. The molecule has 0 aliphatic carbocycles. The van der Waals surface area contributed by atoms with Gasteiger partial charge in [0.05, 0.1) is 22.5 Å². The number of carbonyl (C=O) groups excluding carboxylic acids is 1. The minimum absolute atomic E-state index is 0.120. The van der Waals surface area contributed by atoms with Crippen LogP contribution in [-0.2, 0) is 0 Å². The third-order valence-corrected chi connectivity index (χ3v) is 4.17. The number of hydrogen-bond donors (Lipinski definition) is 2. The molecule has 1 saturated heterocycles. The van der Waals surface area contributed by atoms with Crippen molar-refractivity contribution in [2.75, 3.05) is 13.1 Å². The lowest BCUT2D eigenvalue weighted by Gasteiger charge is -2.23. The Hall–Kier alpha value is -1.56. The maximum atomic E-state index is 12.3. The molecule has 1 aliphatic rings. The fourth-order valence-corrected chi connectivity index (χ4v) is 2.98. The summed E-state index contributed by atoms with van der Waals surface area (Å²) in [6, 6.07) is 5.32. The van der Waals surface area contributed by atoms with Crippen molar-refractivity contribution in [2.24, 2.45) is 0 Å². The number of rotatable bonds is 3. The van der Waals surface area contributed by atoms with E-state index in [0.29, 0.717) is 21.3 Å². The van der Waals surface area contributed by atoms with E-state index in [1.807, 2.05) is 0 Å². The molecule has 0 radical (unpaired) electrons. The van der Waals surface area contributed by atoms with Gasteiger partial charge in [0.15, 0.2) is 0 Å². The van der Waals surface area contributed by atoms with Gasteiger partial charge in [0.1, 0.15) is 0 Å². The van der Waals surface area contributed by atoms with Gasteiger partial charge in [-0.1, -0.05) is 23.2 Å². The standard InChI is InChI=1S/C15H16Cl2N4O/c16-11-3-4-14(13(17)6-11)21-9-10(7-19-21)15(22)20-12-2-1-5-18-8-12/h3-4,6-7,9,12,18H,1-2,5,8H2,(H,20,22). The Morgan fingerprint density at radius 1 is 1.41 bits per heavy atom. The number of hydrogen-bond acceptors (Lipinski definition) is 3. The molecule has 5 nitrogen and oxygen atoms in total. The predicted molar refractivity (Wildman–Crippen MR) is 86.9 cm³/mol. The van der Waals surface area contributed by atoms with Crippen LogP contribution in [0, 0.1) is 0 Å². The summed E-state index contributed by atoms with van der Waals surface area (Å²) in [5, 5.41) is 11.5. The molecule has 1 aliphatic heterocycles. The van der Waals surface area contributed by atoms with Crippen molar-refractivity contribution in [3.05, 3.63) is 46.2 Å². The van der Waals surface area contributed by atoms with Gasteiger partial charge in [-0.05, 0) is 37.6 Å². The van der Waals surface area contributed by atoms with Gasteiger partial charge in [0.25, 0.3) is 5.91 Å². The molecular weight excluding hydrogens is 323 g/mol. The van der Waals surface area contributed by atoms with Crippen molar-refractivity contribution in [3.8, 4) is 5.69 Å². The summed E-state index contributed by atoms with van der Waals surface area (Å²) in [6.45, 7) is 1.82. The first kappa shape index (κ1) is 15.3. The highest BCUT2D eigenvalue weighted by Crippen LogP contribution is 2.24. The maximum absolute atomic E-state index is 12.3. The van der Waals surface area contributed by atoms with Crippen molar-refractivity contribution in [3.63, 3.8) is 0 Å². The van der Waals surface area contributed by atoms with Crippen molar-refractivity contribution in [1.29, 1.82) is 0 Å². The summed E-state index contributed by atoms with van der Waals surface area (Å²) in [4.78, 5) is 12.3. The first-order valence-corrected chi connectivity index (χ1v) is 7.91. The van der Waals surface area contributed by atoms with Crippen molar-refractivity contribution in [2.45, 2.75) is 18.9 Å². The molecule has 22 heavy (non-hydrogen) atoms. The van der Waals surface area contributed by atoms with Crippen LogP contribution in [-0.4, -0.2) is 34.8 Å². The van der Waals surface area contributed by atoms with Crippen LogP contribution >= 0.6 is 23.2 Å². The van der Waals surface area contributed by atoms with E-state index in [4.69, 9.17) is 23.2 Å². The molecule has 1 unspecified atom stereocenters. The molecule has 1 atom stereocenters. The first-order chi connectivity index (χ1) is 10.6. The second-order valence-electron chi connectivity index (χ2n) is 5.29. The van der Waals surface area contributed by atoms with E-state index in [-0.39, 0.29) is 11.9 Å². The highest BCUT2D eigenvalue weighted by molar-refractivity contribution is 6.35. The number of amides is 1. The van der Waals surface area contributed by atoms with Crippen LogP contribution in [0.25, 0.3) is 5.69 Å². The topological polar surface area (TPSA) is 59.0 Å². The summed E-state index contributed by atoms with van der Waals surface area (Å²) in [5.41, 5.74) is 1.20. The van der Waals surface area contributed by atoms with E-state index < -0.39 is 0 Å². The van der Waals surface area contributed by atoms with E-state index in [9.17, 15) is 4.79 Å². The quantitative estimate of drug-likeness (QED) is 0.904.